The molecule has 0 fully saturated rings. The molecule has 0 spiro atoms. The van der Waals surface area contributed by atoms with Gasteiger partial charge in [-0.25, -0.2) is 14.6 Å². The molecular weight excluding hydrogens is 406 g/mol. The van der Waals surface area contributed by atoms with E-state index in [1.54, 1.807) is 23.6 Å². The fraction of sp³-hybridized carbons (Fsp3) is 0.360. The Morgan fingerprint density at radius 2 is 2.06 bits per heavy atom. The predicted octanol–water partition coefficient (Wildman–Crippen LogP) is 4.06. The zero-order valence-electron chi connectivity index (χ0n) is 18.4. The van der Waals surface area contributed by atoms with Gasteiger partial charge in [0.1, 0.15) is 6.61 Å². The summed E-state index contributed by atoms with van der Waals surface area (Å²) in [5.74, 6) is -0.527. The molecule has 3 aromatic rings. The van der Waals surface area contributed by atoms with Crippen molar-refractivity contribution < 1.29 is 14.6 Å². The molecule has 0 saturated heterocycles. The molecule has 4 heterocycles. The number of benzene rings is 1. The average molecular weight is 429 g/mol. The first kappa shape index (κ1) is 20.4. The average Bonchev–Trinajstić information content (AvgIpc) is 3.12. The number of aliphatic hydroxyl groups is 1. The third kappa shape index (κ3) is 2.53. The maximum Gasteiger partial charge on any atom is 0.343 e. The monoisotopic (exact) mass is 429 g/mol. The molecule has 0 bridgehead atoms. The van der Waals surface area contributed by atoms with Crippen LogP contribution in [0.5, 0.6) is 0 Å². The van der Waals surface area contributed by atoms with E-state index in [2.05, 4.69) is 24.8 Å². The molecule has 0 unspecified atom stereocenters. The van der Waals surface area contributed by atoms with E-state index in [4.69, 9.17) is 16.3 Å². The molecule has 7 heteroatoms. The number of hydrogen-bond acceptors (Lipinski definition) is 5. The second kappa shape index (κ2) is 6.75. The highest BCUT2D eigenvalue weighted by Crippen LogP contribution is 2.41. The molecule has 5 rings (SSSR count). The SMILES string of the molecule is [C-]#[N+]c1cc2nc3c(cc2c(C(C)C)c1C)Cn1c-3cc2c(c1=O)COC(=O)[C@]2(O)CC. The second-order valence-corrected chi connectivity index (χ2v) is 8.87. The van der Waals surface area contributed by atoms with Gasteiger partial charge in [0.15, 0.2) is 11.3 Å². The third-order valence-corrected chi connectivity index (χ3v) is 6.79. The Hall–Kier alpha value is -3.50. The van der Waals surface area contributed by atoms with Crippen LogP contribution >= 0.6 is 0 Å². The lowest BCUT2D eigenvalue weighted by Gasteiger charge is -2.31. The lowest BCUT2D eigenvalue weighted by Crippen LogP contribution is -2.44. The van der Waals surface area contributed by atoms with E-state index in [-0.39, 0.29) is 24.5 Å². The minimum atomic E-state index is -1.85. The van der Waals surface area contributed by atoms with Crippen molar-refractivity contribution >= 4 is 22.6 Å². The molecule has 0 amide bonds. The highest BCUT2D eigenvalue weighted by atomic mass is 16.6. The van der Waals surface area contributed by atoms with E-state index < -0.39 is 11.6 Å². The van der Waals surface area contributed by atoms with Gasteiger partial charge in [-0.05, 0) is 48.6 Å². The van der Waals surface area contributed by atoms with E-state index in [9.17, 15) is 14.7 Å². The number of pyridine rings is 2. The van der Waals surface area contributed by atoms with Crippen LogP contribution in [0.15, 0.2) is 23.0 Å². The Kier molecular flexibility index (Phi) is 4.30. The summed E-state index contributed by atoms with van der Waals surface area (Å²) in [6.45, 7) is 15.6. The summed E-state index contributed by atoms with van der Waals surface area (Å²) in [7, 11) is 0. The Bertz CT molecular complexity index is 1440. The lowest BCUT2D eigenvalue weighted by atomic mass is 9.86. The number of esters is 1. The maximum atomic E-state index is 13.3. The summed E-state index contributed by atoms with van der Waals surface area (Å²) in [6, 6.07) is 5.56. The van der Waals surface area contributed by atoms with Gasteiger partial charge in [0, 0.05) is 16.5 Å². The van der Waals surface area contributed by atoms with Gasteiger partial charge in [-0.15, -0.1) is 0 Å². The van der Waals surface area contributed by atoms with Crippen LogP contribution in [0, 0.1) is 13.5 Å². The van der Waals surface area contributed by atoms with Crippen molar-refractivity contribution in [2.45, 2.75) is 58.8 Å². The highest BCUT2D eigenvalue weighted by Gasteiger charge is 2.45. The van der Waals surface area contributed by atoms with Gasteiger partial charge >= 0.3 is 5.97 Å². The van der Waals surface area contributed by atoms with Gasteiger partial charge in [0.2, 0.25) is 0 Å². The Labute approximate surface area is 185 Å². The van der Waals surface area contributed by atoms with Crippen molar-refractivity contribution in [2.75, 3.05) is 0 Å². The predicted molar refractivity (Wildman–Crippen MR) is 120 cm³/mol. The van der Waals surface area contributed by atoms with Crippen LogP contribution < -0.4 is 5.56 Å². The number of fused-ring (bicyclic) bond motifs is 5. The Balaban J connectivity index is 1.81. The van der Waals surface area contributed by atoms with Crippen LogP contribution in [0.4, 0.5) is 5.69 Å². The van der Waals surface area contributed by atoms with Crippen molar-refractivity contribution in [3.05, 3.63) is 67.8 Å². The molecule has 0 aliphatic carbocycles. The van der Waals surface area contributed by atoms with E-state index in [1.165, 1.54) is 0 Å². The summed E-state index contributed by atoms with van der Waals surface area (Å²) >= 11 is 0. The molecule has 1 N–H and O–H groups in total. The van der Waals surface area contributed by atoms with E-state index >= 15 is 0 Å². The number of nitrogens with zero attached hydrogens (tertiary/aromatic N) is 3. The van der Waals surface area contributed by atoms with Crippen LogP contribution in [0.25, 0.3) is 27.1 Å². The molecule has 1 atom stereocenters. The summed E-state index contributed by atoms with van der Waals surface area (Å²) in [4.78, 5) is 34.2. The molecule has 0 radical (unpaired) electrons. The summed E-state index contributed by atoms with van der Waals surface area (Å²) < 4.78 is 6.75. The molecule has 2 aromatic heterocycles. The van der Waals surface area contributed by atoms with Gasteiger partial charge in [0.05, 0.1) is 35.6 Å². The first-order chi connectivity index (χ1) is 15.2. The number of hydrogen-bond donors (Lipinski definition) is 1. The molecular formula is C25H23N3O4. The number of carbonyl (C=O) groups is 1. The fourth-order valence-corrected chi connectivity index (χ4v) is 5.10. The van der Waals surface area contributed by atoms with Crippen molar-refractivity contribution in [2.24, 2.45) is 0 Å². The smallest absolute Gasteiger partial charge is 0.343 e. The molecule has 1 aromatic carbocycles. The van der Waals surface area contributed by atoms with Crippen LogP contribution in [-0.2, 0) is 28.3 Å². The van der Waals surface area contributed by atoms with Gasteiger partial charge in [0.25, 0.3) is 5.56 Å². The molecule has 2 aliphatic rings. The first-order valence-electron chi connectivity index (χ1n) is 10.7. The minimum absolute atomic E-state index is 0.102. The zero-order valence-corrected chi connectivity index (χ0v) is 18.4. The van der Waals surface area contributed by atoms with Gasteiger partial charge in [-0.1, -0.05) is 20.8 Å². The number of rotatable bonds is 2. The summed E-state index contributed by atoms with van der Waals surface area (Å²) in [5, 5.41) is 12.0. The molecule has 7 nitrogen and oxygen atoms in total. The van der Waals surface area contributed by atoms with Crippen molar-refractivity contribution in [3.63, 3.8) is 0 Å². The fourth-order valence-electron chi connectivity index (χ4n) is 5.10. The van der Waals surface area contributed by atoms with Crippen molar-refractivity contribution in [1.29, 1.82) is 0 Å². The van der Waals surface area contributed by atoms with Crippen molar-refractivity contribution in [3.8, 4) is 11.4 Å². The first-order valence-corrected chi connectivity index (χ1v) is 10.7. The summed E-state index contributed by atoms with van der Waals surface area (Å²) in [5.41, 5.74) is 3.92. The largest absolute Gasteiger partial charge is 0.458 e. The van der Waals surface area contributed by atoms with Crippen LogP contribution in [0.2, 0.25) is 0 Å². The Morgan fingerprint density at radius 1 is 1.31 bits per heavy atom. The van der Waals surface area contributed by atoms with E-state index in [1.807, 2.05) is 6.92 Å². The van der Waals surface area contributed by atoms with E-state index in [0.717, 1.165) is 22.1 Å². The van der Waals surface area contributed by atoms with E-state index in [0.29, 0.717) is 40.3 Å². The quantitative estimate of drug-likeness (QED) is 0.384. The van der Waals surface area contributed by atoms with Gasteiger partial charge < -0.3 is 14.4 Å². The third-order valence-electron chi connectivity index (χ3n) is 6.79. The van der Waals surface area contributed by atoms with Gasteiger partial charge in [-0.3, -0.25) is 4.79 Å². The van der Waals surface area contributed by atoms with Gasteiger partial charge in [-0.2, -0.15) is 0 Å². The lowest BCUT2D eigenvalue weighted by molar-refractivity contribution is -0.172. The van der Waals surface area contributed by atoms with Crippen LogP contribution in [-0.4, -0.2) is 20.6 Å². The van der Waals surface area contributed by atoms with Crippen molar-refractivity contribution in [1.82, 2.24) is 9.55 Å². The topological polar surface area (TPSA) is 85.8 Å². The molecule has 32 heavy (non-hydrogen) atoms. The molecule has 162 valence electrons. The minimum Gasteiger partial charge on any atom is -0.458 e. The number of ether oxygens (including phenoxy) is 1. The van der Waals surface area contributed by atoms with Crippen LogP contribution in [0.1, 0.15) is 60.9 Å². The molecule has 2 aliphatic heterocycles. The zero-order chi connectivity index (χ0) is 22.9. The maximum absolute atomic E-state index is 13.3. The standard InChI is InChI=1S/C25H23N3O4/c1-6-25(31)17-8-20-22-14(10-28(20)23(29)16(17)11-32-24(25)30)7-15-19(27-22)9-18(26-5)13(4)21(15)12(2)3/h7-9,12,31H,6,10-11H2,1-4H3/t25-/m0/s1. The number of carbonyl (C=O) groups excluding carboxylic acids is 1. The number of cyclic esters (lactones) is 1. The second-order valence-electron chi connectivity index (χ2n) is 8.87. The number of aromatic nitrogens is 2. The molecule has 0 saturated carbocycles. The highest BCUT2D eigenvalue weighted by molar-refractivity contribution is 5.92. The Morgan fingerprint density at radius 3 is 2.72 bits per heavy atom. The van der Waals surface area contributed by atoms with Crippen LogP contribution in [0.3, 0.4) is 0 Å². The normalized spacial score (nSPS) is 18.8. The summed E-state index contributed by atoms with van der Waals surface area (Å²) in [6.07, 6.45) is 0.102.